The number of hydrogen-bond donors (Lipinski definition) is 1. The monoisotopic (exact) mass is 350 g/mol. The number of piperidine rings is 1. The van der Waals surface area contributed by atoms with Gasteiger partial charge in [-0.3, -0.25) is 9.59 Å². The third-order valence-electron chi connectivity index (χ3n) is 4.61. The van der Waals surface area contributed by atoms with Gasteiger partial charge in [0.05, 0.1) is 4.90 Å². The summed E-state index contributed by atoms with van der Waals surface area (Å²) in [4.78, 5) is 25.9. The molecule has 0 spiro atoms. The van der Waals surface area contributed by atoms with Gasteiger partial charge < -0.3 is 4.90 Å². The molecule has 1 atom stereocenters. The molecular formula is C17H22N2O4S. The molecule has 1 aliphatic carbocycles. The topological polar surface area (TPSA) is 83.6 Å². The average molecular weight is 350 g/mol. The van der Waals surface area contributed by atoms with Crippen molar-refractivity contribution in [1.29, 1.82) is 0 Å². The number of sulfonamides is 1. The van der Waals surface area contributed by atoms with Crippen molar-refractivity contribution in [2.24, 2.45) is 11.8 Å². The fourth-order valence-corrected chi connectivity index (χ4v) is 3.97. The van der Waals surface area contributed by atoms with Gasteiger partial charge in [0, 0.05) is 37.5 Å². The lowest BCUT2D eigenvalue weighted by atomic mass is 9.98. The minimum Gasteiger partial charge on any atom is -0.337 e. The maximum Gasteiger partial charge on any atom is 0.253 e. The molecule has 130 valence electrons. The molecule has 0 unspecified atom stereocenters. The van der Waals surface area contributed by atoms with Crippen molar-refractivity contribution < 1.29 is 18.0 Å². The lowest BCUT2D eigenvalue weighted by Gasteiger charge is -2.30. The Hall–Kier alpha value is -1.73. The number of amides is 1. The van der Waals surface area contributed by atoms with E-state index in [0.717, 1.165) is 12.8 Å². The number of carbonyl (C=O) groups excluding carboxylic acids is 2. The lowest BCUT2D eigenvalue weighted by molar-refractivity contribution is -0.124. The number of ketones is 1. The molecule has 0 radical (unpaired) electrons. The summed E-state index contributed by atoms with van der Waals surface area (Å²) in [6.45, 7) is 3.03. The summed E-state index contributed by atoms with van der Waals surface area (Å²) in [6, 6.07) is 6.10. The molecular weight excluding hydrogens is 328 g/mol. The Morgan fingerprint density at radius 2 is 2.08 bits per heavy atom. The number of rotatable bonds is 5. The highest BCUT2D eigenvalue weighted by molar-refractivity contribution is 7.89. The van der Waals surface area contributed by atoms with Crippen LogP contribution in [0.1, 0.15) is 36.5 Å². The van der Waals surface area contributed by atoms with E-state index < -0.39 is 10.0 Å². The van der Waals surface area contributed by atoms with Gasteiger partial charge >= 0.3 is 0 Å². The van der Waals surface area contributed by atoms with Crippen LogP contribution in [0.15, 0.2) is 29.2 Å². The van der Waals surface area contributed by atoms with Crippen LogP contribution in [-0.2, 0) is 14.8 Å². The van der Waals surface area contributed by atoms with E-state index in [2.05, 4.69) is 4.72 Å². The number of likely N-dealkylation sites (tertiary alicyclic amines) is 1. The largest absolute Gasteiger partial charge is 0.337 e. The van der Waals surface area contributed by atoms with Gasteiger partial charge in [-0.05, 0) is 37.0 Å². The van der Waals surface area contributed by atoms with E-state index in [1.165, 1.54) is 12.1 Å². The Bertz CT molecular complexity index is 756. The highest BCUT2D eigenvalue weighted by Gasteiger charge is 2.28. The van der Waals surface area contributed by atoms with E-state index in [1.807, 2.05) is 6.92 Å². The average Bonchev–Trinajstić information content (AvgIpc) is 3.39. The standard InChI is InChI=1S/C17H22N2O4S/c1-12-11-19(8-7-16(12)20)17(21)14-3-2-4-15(9-14)24(22,23)18-10-13-5-6-13/h2-4,9,12-13,18H,5-8,10-11H2,1H3/t12-/m1/s1. The summed E-state index contributed by atoms with van der Waals surface area (Å²) in [7, 11) is -3.60. The van der Waals surface area contributed by atoms with Crippen molar-refractivity contribution >= 4 is 21.7 Å². The lowest BCUT2D eigenvalue weighted by Crippen LogP contribution is -2.43. The Morgan fingerprint density at radius 1 is 1.33 bits per heavy atom. The first kappa shape index (κ1) is 17.1. The number of carbonyl (C=O) groups is 2. The molecule has 1 aromatic carbocycles. The predicted molar refractivity (Wildman–Crippen MR) is 89.0 cm³/mol. The first-order valence-corrected chi connectivity index (χ1v) is 9.77. The van der Waals surface area contributed by atoms with Crippen LogP contribution in [0.5, 0.6) is 0 Å². The maximum atomic E-state index is 12.6. The second-order valence-corrected chi connectivity index (χ2v) is 8.46. The molecule has 3 rings (SSSR count). The zero-order valence-corrected chi connectivity index (χ0v) is 14.5. The van der Waals surface area contributed by atoms with Gasteiger partial charge in [0.15, 0.2) is 0 Å². The van der Waals surface area contributed by atoms with E-state index >= 15 is 0 Å². The van der Waals surface area contributed by atoms with Crippen molar-refractivity contribution in [3.8, 4) is 0 Å². The first-order chi connectivity index (χ1) is 11.4. The highest BCUT2D eigenvalue weighted by atomic mass is 32.2. The fraction of sp³-hybridized carbons (Fsp3) is 0.529. The highest BCUT2D eigenvalue weighted by Crippen LogP contribution is 2.28. The van der Waals surface area contributed by atoms with E-state index in [1.54, 1.807) is 17.0 Å². The minimum atomic E-state index is -3.60. The number of benzene rings is 1. The zero-order valence-electron chi connectivity index (χ0n) is 13.7. The second-order valence-electron chi connectivity index (χ2n) is 6.69. The minimum absolute atomic E-state index is 0.107. The van der Waals surface area contributed by atoms with Gasteiger partial charge in [0.1, 0.15) is 5.78 Å². The molecule has 0 bridgehead atoms. The molecule has 2 aliphatic rings. The smallest absolute Gasteiger partial charge is 0.253 e. The normalized spacial score (nSPS) is 21.8. The van der Waals surface area contributed by atoms with Crippen LogP contribution in [-0.4, -0.2) is 44.6 Å². The Balaban J connectivity index is 1.74. The molecule has 1 aliphatic heterocycles. The second kappa shape index (κ2) is 6.64. The van der Waals surface area contributed by atoms with E-state index in [-0.39, 0.29) is 22.5 Å². The van der Waals surface area contributed by atoms with Crippen LogP contribution in [0, 0.1) is 11.8 Å². The summed E-state index contributed by atoms with van der Waals surface area (Å²) in [5.74, 6) is 0.208. The van der Waals surface area contributed by atoms with Crippen LogP contribution in [0.3, 0.4) is 0 Å². The molecule has 1 aromatic rings. The van der Waals surface area contributed by atoms with Crippen LogP contribution in [0.4, 0.5) is 0 Å². The molecule has 1 N–H and O–H groups in total. The van der Waals surface area contributed by atoms with E-state index in [9.17, 15) is 18.0 Å². The molecule has 1 amide bonds. The van der Waals surface area contributed by atoms with Gasteiger partial charge in [-0.1, -0.05) is 13.0 Å². The van der Waals surface area contributed by atoms with Crippen molar-refractivity contribution in [2.75, 3.05) is 19.6 Å². The van der Waals surface area contributed by atoms with Gasteiger partial charge in [-0.25, -0.2) is 13.1 Å². The predicted octanol–water partition coefficient (Wildman–Crippen LogP) is 1.43. The number of nitrogens with one attached hydrogen (secondary N) is 1. The van der Waals surface area contributed by atoms with E-state index in [0.29, 0.717) is 37.5 Å². The van der Waals surface area contributed by atoms with Crippen molar-refractivity contribution in [3.63, 3.8) is 0 Å². The van der Waals surface area contributed by atoms with Gasteiger partial charge in [-0.15, -0.1) is 0 Å². The molecule has 6 nitrogen and oxygen atoms in total. The summed E-state index contributed by atoms with van der Waals surface area (Å²) in [5, 5.41) is 0. The number of hydrogen-bond acceptors (Lipinski definition) is 4. The summed E-state index contributed by atoms with van der Waals surface area (Å²) in [6.07, 6.45) is 2.48. The molecule has 1 heterocycles. The maximum absolute atomic E-state index is 12.6. The molecule has 7 heteroatoms. The summed E-state index contributed by atoms with van der Waals surface area (Å²) < 4.78 is 27.3. The van der Waals surface area contributed by atoms with Gasteiger partial charge in [0.25, 0.3) is 5.91 Å². The quantitative estimate of drug-likeness (QED) is 0.871. The van der Waals surface area contributed by atoms with Crippen molar-refractivity contribution in [1.82, 2.24) is 9.62 Å². The Labute approximate surface area is 142 Å². The third-order valence-corrected chi connectivity index (χ3v) is 6.03. The fourth-order valence-electron chi connectivity index (χ4n) is 2.81. The van der Waals surface area contributed by atoms with Crippen LogP contribution < -0.4 is 4.72 Å². The molecule has 1 saturated carbocycles. The number of nitrogens with zero attached hydrogens (tertiary/aromatic N) is 1. The SMILES string of the molecule is C[C@@H]1CN(C(=O)c2cccc(S(=O)(=O)NCC3CC3)c2)CCC1=O. The molecule has 0 aromatic heterocycles. The zero-order chi connectivity index (χ0) is 17.3. The Kier molecular flexibility index (Phi) is 4.73. The number of Topliss-reactive ketones (excluding diaryl/α,β-unsaturated/α-hetero) is 1. The first-order valence-electron chi connectivity index (χ1n) is 8.28. The van der Waals surface area contributed by atoms with Gasteiger partial charge in [-0.2, -0.15) is 0 Å². The molecule has 24 heavy (non-hydrogen) atoms. The van der Waals surface area contributed by atoms with Crippen LogP contribution in [0.25, 0.3) is 0 Å². The Morgan fingerprint density at radius 3 is 2.75 bits per heavy atom. The van der Waals surface area contributed by atoms with Crippen LogP contribution >= 0.6 is 0 Å². The van der Waals surface area contributed by atoms with Crippen molar-refractivity contribution in [3.05, 3.63) is 29.8 Å². The van der Waals surface area contributed by atoms with E-state index in [4.69, 9.17) is 0 Å². The summed E-state index contributed by atoms with van der Waals surface area (Å²) >= 11 is 0. The molecule has 1 saturated heterocycles. The van der Waals surface area contributed by atoms with Gasteiger partial charge in [0.2, 0.25) is 10.0 Å². The summed E-state index contributed by atoms with van der Waals surface area (Å²) in [5.41, 5.74) is 0.339. The van der Waals surface area contributed by atoms with Crippen LogP contribution in [0.2, 0.25) is 0 Å². The van der Waals surface area contributed by atoms with Crippen molar-refractivity contribution in [2.45, 2.75) is 31.1 Å². The third kappa shape index (κ3) is 3.84. The molecule has 2 fully saturated rings.